The molecule has 1 atom stereocenters. The van der Waals surface area contributed by atoms with Crippen LogP contribution in [-0.4, -0.2) is 76.8 Å². The van der Waals surface area contributed by atoms with Gasteiger partial charge in [0, 0.05) is 39.0 Å². The van der Waals surface area contributed by atoms with Crippen molar-refractivity contribution < 1.29 is 18.9 Å². The molecule has 2 aliphatic rings. The molecule has 0 bridgehead atoms. The number of carbonyl (C=O) groups is 3. The molecule has 2 aliphatic heterocycles. The number of carbonyl (C=O) groups excluding carboxylic acids is 3. The molecule has 3 amide bonds. The minimum absolute atomic E-state index is 0.0690. The monoisotopic (exact) mass is 340 g/mol. The summed E-state index contributed by atoms with van der Waals surface area (Å²) in [7, 11) is 1.60. The molecule has 1 aromatic rings. The number of aromatic nitrogens is 1. The topological polar surface area (TPSA) is 87.0 Å². The summed E-state index contributed by atoms with van der Waals surface area (Å²) in [5.74, 6) is 0.279. The molecule has 0 aromatic carbocycles. The fraction of sp³-hybridized carbons (Fsp3) is 0.571. The molecule has 0 aliphatic carbocycles. The molecule has 23 heavy (non-hydrogen) atoms. The van der Waals surface area contributed by atoms with Gasteiger partial charge in [-0.1, -0.05) is 16.8 Å². The van der Waals surface area contributed by atoms with Crippen molar-refractivity contribution in [3.63, 3.8) is 0 Å². The van der Waals surface area contributed by atoms with Crippen LogP contribution in [0.25, 0.3) is 0 Å². The third-order valence-corrected chi connectivity index (χ3v) is 4.38. The van der Waals surface area contributed by atoms with E-state index in [1.165, 1.54) is 4.90 Å². The molecule has 2 saturated heterocycles. The highest BCUT2D eigenvalue weighted by atomic mass is 35.5. The van der Waals surface area contributed by atoms with Crippen LogP contribution in [-0.2, 0) is 20.8 Å². The van der Waals surface area contributed by atoms with Gasteiger partial charge in [-0.15, -0.1) is 0 Å². The Bertz CT molecular complexity index is 646. The van der Waals surface area contributed by atoms with E-state index in [0.29, 0.717) is 25.3 Å². The largest absolute Gasteiger partial charge is 0.360 e. The highest BCUT2D eigenvalue weighted by molar-refractivity contribution is 6.29. The summed E-state index contributed by atoms with van der Waals surface area (Å²) in [5, 5.41) is 3.82. The fourth-order valence-corrected chi connectivity index (χ4v) is 3.10. The zero-order chi connectivity index (χ0) is 16.6. The smallest absolute Gasteiger partial charge is 0.247 e. The normalized spacial score (nSPS) is 21.7. The van der Waals surface area contributed by atoms with Crippen molar-refractivity contribution in [3.05, 3.63) is 17.0 Å². The number of hydrogen-bond acceptors (Lipinski definition) is 5. The van der Waals surface area contributed by atoms with Gasteiger partial charge in [-0.25, -0.2) is 0 Å². The first-order chi connectivity index (χ1) is 11.0. The summed E-state index contributed by atoms with van der Waals surface area (Å²) in [4.78, 5) is 41.1. The summed E-state index contributed by atoms with van der Waals surface area (Å²) in [6.07, 6.45) is 0.645. The van der Waals surface area contributed by atoms with Gasteiger partial charge < -0.3 is 19.2 Å². The molecule has 0 N–H and O–H groups in total. The Labute approximate surface area is 137 Å². The van der Waals surface area contributed by atoms with E-state index in [9.17, 15) is 14.4 Å². The molecule has 1 aromatic heterocycles. The van der Waals surface area contributed by atoms with Crippen LogP contribution in [0.1, 0.15) is 12.2 Å². The Morgan fingerprint density at radius 1 is 1.43 bits per heavy atom. The predicted molar refractivity (Wildman–Crippen MR) is 79.6 cm³/mol. The fourth-order valence-electron chi connectivity index (χ4n) is 2.94. The summed E-state index contributed by atoms with van der Waals surface area (Å²) in [6, 6.07) is 1.00. The molecule has 0 saturated carbocycles. The molecular formula is C14H17ClN4O4. The van der Waals surface area contributed by atoms with Crippen LogP contribution in [0.3, 0.4) is 0 Å². The molecular weight excluding hydrogens is 324 g/mol. The van der Waals surface area contributed by atoms with Gasteiger partial charge >= 0.3 is 0 Å². The lowest BCUT2D eigenvalue weighted by atomic mass is 10.1. The summed E-state index contributed by atoms with van der Waals surface area (Å²) in [6.45, 7) is 1.18. The highest BCUT2D eigenvalue weighted by Gasteiger charge is 2.42. The van der Waals surface area contributed by atoms with E-state index in [-0.39, 0.29) is 42.4 Å². The van der Waals surface area contributed by atoms with Crippen LogP contribution < -0.4 is 0 Å². The predicted octanol–water partition coefficient (Wildman–Crippen LogP) is -0.228. The Hall–Kier alpha value is -2.09. The lowest BCUT2D eigenvalue weighted by Gasteiger charge is -2.45. The van der Waals surface area contributed by atoms with Crippen molar-refractivity contribution in [3.8, 4) is 0 Å². The lowest BCUT2D eigenvalue weighted by Crippen LogP contribution is -2.66. The first kappa shape index (κ1) is 15.8. The number of aryl methyl sites for hydroxylation is 1. The van der Waals surface area contributed by atoms with E-state index < -0.39 is 6.04 Å². The molecule has 124 valence electrons. The molecule has 8 nitrogen and oxygen atoms in total. The number of halogens is 1. The second kappa shape index (κ2) is 6.19. The Morgan fingerprint density at radius 2 is 2.22 bits per heavy atom. The van der Waals surface area contributed by atoms with Gasteiger partial charge in [0.15, 0.2) is 5.15 Å². The number of likely N-dealkylation sites (N-methyl/N-ethyl adjacent to an activating group) is 1. The van der Waals surface area contributed by atoms with Gasteiger partial charge in [0.25, 0.3) is 0 Å². The molecule has 0 spiro atoms. The second-order valence-corrected chi connectivity index (χ2v) is 6.14. The van der Waals surface area contributed by atoms with Gasteiger partial charge in [-0.3, -0.25) is 14.4 Å². The van der Waals surface area contributed by atoms with Gasteiger partial charge in [-0.05, 0) is 0 Å². The van der Waals surface area contributed by atoms with E-state index in [4.69, 9.17) is 16.1 Å². The van der Waals surface area contributed by atoms with E-state index in [1.54, 1.807) is 22.9 Å². The third-order valence-electron chi connectivity index (χ3n) is 4.20. The van der Waals surface area contributed by atoms with Crippen molar-refractivity contribution in [2.45, 2.75) is 18.9 Å². The van der Waals surface area contributed by atoms with Crippen molar-refractivity contribution in [2.24, 2.45) is 0 Å². The molecule has 3 rings (SSSR count). The maximum atomic E-state index is 12.3. The average Bonchev–Trinajstić information content (AvgIpc) is 2.95. The second-order valence-electron chi connectivity index (χ2n) is 5.75. The van der Waals surface area contributed by atoms with Crippen molar-refractivity contribution >= 4 is 29.3 Å². The van der Waals surface area contributed by atoms with Gasteiger partial charge in [0.05, 0.1) is 13.1 Å². The standard InChI is InChI=1S/C14H17ClN4O4/c1-17-8-13(21)19-5-4-18(7-10(19)14(17)22)12(20)3-2-9-6-11(15)16-23-9/h6,10H,2-5,7-8H2,1H3. The van der Waals surface area contributed by atoms with E-state index >= 15 is 0 Å². The minimum Gasteiger partial charge on any atom is -0.360 e. The molecule has 2 fully saturated rings. The molecule has 3 heterocycles. The molecule has 9 heteroatoms. The third kappa shape index (κ3) is 3.17. The van der Waals surface area contributed by atoms with Crippen LogP contribution in [0.15, 0.2) is 10.6 Å². The quantitative estimate of drug-likeness (QED) is 0.758. The first-order valence-electron chi connectivity index (χ1n) is 7.39. The number of hydrogen-bond donors (Lipinski definition) is 0. The van der Waals surface area contributed by atoms with Crippen LogP contribution in [0.5, 0.6) is 0 Å². The Morgan fingerprint density at radius 3 is 2.91 bits per heavy atom. The number of nitrogens with zero attached hydrogens (tertiary/aromatic N) is 4. The van der Waals surface area contributed by atoms with Crippen LogP contribution in [0.4, 0.5) is 0 Å². The first-order valence-corrected chi connectivity index (χ1v) is 7.77. The molecule has 0 radical (unpaired) electrons. The number of amides is 3. The van der Waals surface area contributed by atoms with Gasteiger partial charge in [-0.2, -0.15) is 0 Å². The number of piperazine rings is 2. The number of rotatable bonds is 3. The van der Waals surface area contributed by atoms with E-state index in [1.807, 2.05) is 0 Å². The number of fused-ring (bicyclic) bond motifs is 1. The zero-order valence-corrected chi connectivity index (χ0v) is 13.5. The highest BCUT2D eigenvalue weighted by Crippen LogP contribution is 2.18. The lowest BCUT2D eigenvalue weighted by molar-refractivity contribution is -0.160. The summed E-state index contributed by atoms with van der Waals surface area (Å²) >= 11 is 5.66. The van der Waals surface area contributed by atoms with Crippen LogP contribution in [0, 0.1) is 0 Å². The van der Waals surface area contributed by atoms with E-state index in [0.717, 1.165) is 0 Å². The van der Waals surface area contributed by atoms with Crippen molar-refractivity contribution in [1.29, 1.82) is 0 Å². The Kier molecular flexibility index (Phi) is 4.25. The minimum atomic E-state index is -0.571. The molecule has 1 unspecified atom stereocenters. The summed E-state index contributed by atoms with van der Waals surface area (Å²) < 4.78 is 4.97. The van der Waals surface area contributed by atoms with Crippen LogP contribution >= 0.6 is 11.6 Å². The van der Waals surface area contributed by atoms with E-state index in [2.05, 4.69) is 5.16 Å². The Balaban J connectivity index is 1.60. The van der Waals surface area contributed by atoms with Gasteiger partial charge in [0.1, 0.15) is 11.8 Å². The maximum Gasteiger partial charge on any atom is 0.247 e. The van der Waals surface area contributed by atoms with Crippen LogP contribution in [0.2, 0.25) is 5.15 Å². The SMILES string of the molecule is CN1CC(=O)N2CCN(C(=O)CCc3cc(Cl)no3)CC2C1=O. The van der Waals surface area contributed by atoms with Crippen molar-refractivity contribution in [2.75, 3.05) is 33.2 Å². The zero-order valence-electron chi connectivity index (χ0n) is 12.7. The average molecular weight is 341 g/mol. The van der Waals surface area contributed by atoms with Crippen molar-refractivity contribution in [1.82, 2.24) is 19.9 Å². The summed E-state index contributed by atoms with van der Waals surface area (Å²) in [5.41, 5.74) is 0. The maximum absolute atomic E-state index is 12.3. The van der Waals surface area contributed by atoms with Gasteiger partial charge in [0.2, 0.25) is 17.7 Å².